The molecule has 116 valence electrons. The molecular weight excluding hydrogens is 304 g/mol. The van der Waals surface area contributed by atoms with Gasteiger partial charge in [0.2, 0.25) is 0 Å². The van der Waals surface area contributed by atoms with Gasteiger partial charge in [-0.15, -0.1) is 0 Å². The van der Waals surface area contributed by atoms with Crippen LogP contribution in [0.15, 0.2) is 65.8 Å². The highest BCUT2D eigenvalue weighted by atomic mass is 32.2. The lowest BCUT2D eigenvalue weighted by Gasteiger charge is -2.15. The molecule has 4 nitrogen and oxygen atoms in total. The fourth-order valence-corrected chi connectivity index (χ4v) is 2.71. The van der Waals surface area contributed by atoms with Gasteiger partial charge in [0.25, 0.3) is 0 Å². The normalized spacial score (nSPS) is 10.5. The Bertz CT molecular complexity index is 776. The zero-order valence-electron chi connectivity index (χ0n) is 12.9. The number of nitrogens with zero attached hydrogens (tertiary/aromatic N) is 2. The second-order valence-corrected chi connectivity index (χ2v) is 5.72. The molecule has 0 aliphatic carbocycles. The number of nitrogens with one attached hydrogen (secondary N) is 1. The van der Waals surface area contributed by atoms with Crippen molar-refractivity contribution in [3.63, 3.8) is 0 Å². The van der Waals surface area contributed by atoms with E-state index in [0.29, 0.717) is 6.54 Å². The van der Waals surface area contributed by atoms with Crippen LogP contribution in [-0.2, 0) is 6.54 Å². The van der Waals surface area contributed by atoms with Crippen LogP contribution in [0, 0.1) is 0 Å². The Morgan fingerprint density at radius 2 is 1.61 bits per heavy atom. The molecule has 0 unspecified atom stereocenters. The Kier molecular flexibility index (Phi) is 4.90. The van der Waals surface area contributed by atoms with Crippen LogP contribution in [0.2, 0.25) is 0 Å². The first-order valence-corrected chi connectivity index (χ1v) is 8.56. The highest BCUT2D eigenvalue weighted by Gasteiger charge is 2.15. The average molecular weight is 322 g/mol. The summed E-state index contributed by atoms with van der Waals surface area (Å²) in [5.74, 6) is 0.761. The first kappa shape index (κ1) is 15.5. The zero-order valence-corrected chi connectivity index (χ0v) is 13.7. The predicted octanol–water partition coefficient (Wildman–Crippen LogP) is 4.07. The van der Waals surface area contributed by atoms with Crippen LogP contribution in [-0.4, -0.2) is 16.2 Å². The van der Waals surface area contributed by atoms with Gasteiger partial charge in [-0.2, -0.15) is 0 Å². The first-order chi connectivity index (χ1) is 11.3. The van der Waals surface area contributed by atoms with E-state index in [1.165, 1.54) is 11.8 Å². The van der Waals surface area contributed by atoms with Gasteiger partial charge in [-0.3, -0.25) is 0 Å². The molecule has 0 bridgehead atoms. The molecule has 1 aromatic heterocycles. The minimum atomic E-state index is 0.369. The zero-order chi connectivity index (χ0) is 16.1. The molecule has 23 heavy (non-hydrogen) atoms. The number of rotatable bonds is 5. The van der Waals surface area contributed by atoms with E-state index in [4.69, 9.17) is 5.73 Å². The van der Waals surface area contributed by atoms with Crippen molar-refractivity contribution in [3.05, 3.63) is 66.2 Å². The predicted molar refractivity (Wildman–Crippen MR) is 96.9 cm³/mol. The highest BCUT2D eigenvalue weighted by Crippen LogP contribution is 2.30. The third-order valence-electron chi connectivity index (χ3n) is 3.46. The summed E-state index contributed by atoms with van der Waals surface area (Å²) in [5.41, 5.74) is 9.82. The summed E-state index contributed by atoms with van der Waals surface area (Å²) in [5, 5.41) is 4.09. The molecule has 3 aromatic rings. The summed E-state index contributed by atoms with van der Waals surface area (Å²) in [7, 11) is 0. The summed E-state index contributed by atoms with van der Waals surface area (Å²) >= 11 is 1.52. The summed E-state index contributed by atoms with van der Waals surface area (Å²) in [6.45, 7) is 0.369. The van der Waals surface area contributed by atoms with Crippen LogP contribution in [0.4, 0.5) is 11.5 Å². The third-order valence-corrected chi connectivity index (χ3v) is 4.00. The summed E-state index contributed by atoms with van der Waals surface area (Å²) < 4.78 is 0. The molecule has 0 aliphatic rings. The number of anilines is 2. The quantitative estimate of drug-likeness (QED) is 0.547. The molecule has 0 amide bonds. The number of hydrogen-bond acceptors (Lipinski definition) is 5. The molecular formula is C18H18N4S. The van der Waals surface area contributed by atoms with E-state index >= 15 is 0 Å². The third kappa shape index (κ3) is 3.52. The van der Waals surface area contributed by atoms with Crippen LogP contribution >= 0.6 is 11.8 Å². The summed E-state index contributed by atoms with van der Waals surface area (Å²) in [6.07, 6.45) is 1.97. The van der Waals surface area contributed by atoms with E-state index < -0.39 is 0 Å². The smallest absolute Gasteiger partial charge is 0.189 e. The van der Waals surface area contributed by atoms with Crippen LogP contribution in [0.1, 0.15) is 5.56 Å². The molecule has 0 radical (unpaired) electrons. The molecule has 3 N–H and O–H groups in total. The van der Waals surface area contributed by atoms with Crippen molar-refractivity contribution in [2.75, 3.05) is 11.6 Å². The van der Waals surface area contributed by atoms with E-state index in [9.17, 15) is 0 Å². The van der Waals surface area contributed by atoms with Crippen molar-refractivity contribution in [2.45, 2.75) is 11.7 Å². The second-order valence-electron chi connectivity index (χ2n) is 4.95. The topological polar surface area (TPSA) is 63.8 Å². The Morgan fingerprint density at radius 3 is 2.22 bits per heavy atom. The largest absolute Gasteiger partial charge is 0.340 e. The van der Waals surface area contributed by atoms with Gasteiger partial charge in [0.1, 0.15) is 5.82 Å². The van der Waals surface area contributed by atoms with Crippen molar-refractivity contribution in [1.29, 1.82) is 0 Å². The lowest BCUT2D eigenvalue weighted by Crippen LogP contribution is -2.09. The van der Waals surface area contributed by atoms with Crippen molar-refractivity contribution >= 4 is 23.3 Å². The maximum Gasteiger partial charge on any atom is 0.189 e. The van der Waals surface area contributed by atoms with Crippen molar-refractivity contribution in [2.24, 2.45) is 5.73 Å². The van der Waals surface area contributed by atoms with E-state index in [2.05, 4.69) is 15.3 Å². The van der Waals surface area contributed by atoms with Crippen molar-refractivity contribution < 1.29 is 0 Å². The van der Waals surface area contributed by atoms with Crippen LogP contribution in [0.3, 0.4) is 0 Å². The number of nitrogens with two attached hydrogens (primary N) is 1. The lowest BCUT2D eigenvalue weighted by molar-refractivity contribution is 0.930. The number of hydrogen-bond donors (Lipinski definition) is 2. The minimum Gasteiger partial charge on any atom is -0.340 e. The Balaban J connectivity index is 2.11. The molecule has 0 fully saturated rings. The van der Waals surface area contributed by atoms with Crippen molar-refractivity contribution in [1.82, 2.24) is 9.97 Å². The maximum absolute atomic E-state index is 6.01. The monoisotopic (exact) mass is 322 g/mol. The number of aromatic nitrogens is 2. The Labute approximate surface area is 140 Å². The van der Waals surface area contributed by atoms with E-state index in [1.807, 2.05) is 66.9 Å². The number of para-hydroxylation sites is 1. The molecule has 0 aliphatic heterocycles. The Hall–Kier alpha value is -2.37. The minimum absolute atomic E-state index is 0.369. The first-order valence-electron chi connectivity index (χ1n) is 7.34. The summed E-state index contributed by atoms with van der Waals surface area (Å²) in [6, 6.07) is 20.0. The van der Waals surface area contributed by atoms with Crippen LogP contribution in [0.25, 0.3) is 11.3 Å². The van der Waals surface area contributed by atoms with Gasteiger partial charge >= 0.3 is 0 Å². The Morgan fingerprint density at radius 1 is 0.957 bits per heavy atom. The number of thioether (sulfide) groups is 1. The van der Waals surface area contributed by atoms with Gasteiger partial charge in [-0.25, -0.2) is 9.97 Å². The van der Waals surface area contributed by atoms with Crippen LogP contribution < -0.4 is 11.1 Å². The van der Waals surface area contributed by atoms with Gasteiger partial charge in [-0.05, 0) is 18.4 Å². The molecule has 3 rings (SSSR count). The fraction of sp³-hybridized carbons (Fsp3) is 0.111. The SMILES string of the molecule is CSc1nc(Nc2ccccc2)c(CN)c(-c2ccccc2)n1. The van der Waals surface area contributed by atoms with E-state index in [-0.39, 0.29) is 0 Å². The molecule has 0 saturated heterocycles. The van der Waals surface area contributed by atoms with Gasteiger partial charge < -0.3 is 11.1 Å². The maximum atomic E-state index is 6.01. The molecule has 1 heterocycles. The van der Waals surface area contributed by atoms with Gasteiger partial charge in [0, 0.05) is 23.4 Å². The van der Waals surface area contributed by atoms with Crippen molar-refractivity contribution in [3.8, 4) is 11.3 Å². The molecule has 0 spiro atoms. The molecule has 2 aromatic carbocycles. The lowest BCUT2D eigenvalue weighted by atomic mass is 10.1. The second kappa shape index (κ2) is 7.26. The standard InChI is InChI=1S/C18H18N4S/c1-23-18-21-16(13-8-4-2-5-9-13)15(12-19)17(22-18)20-14-10-6-3-7-11-14/h2-11H,12,19H2,1H3,(H,20,21,22). The van der Waals surface area contributed by atoms with E-state index in [1.54, 1.807) is 0 Å². The van der Waals surface area contributed by atoms with Gasteiger partial charge in [0.05, 0.1) is 5.69 Å². The van der Waals surface area contributed by atoms with E-state index in [0.717, 1.165) is 33.5 Å². The summed E-state index contributed by atoms with van der Waals surface area (Å²) in [4.78, 5) is 9.27. The molecule has 5 heteroatoms. The van der Waals surface area contributed by atoms with Gasteiger partial charge in [-0.1, -0.05) is 60.3 Å². The number of benzene rings is 2. The molecule has 0 atom stereocenters. The fourth-order valence-electron chi connectivity index (χ4n) is 2.34. The van der Waals surface area contributed by atoms with Crippen LogP contribution in [0.5, 0.6) is 0 Å². The van der Waals surface area contributed by atoms with Gasteiger partial charge in [0.15, 0.2) is 5.16 Å². The molecule has 0 saturated carbocycles. The average Bonchev–Trinajstić information content (AvgIpc) is 2.62. The highest BCUT2D eigenvalue weighted by molar-refractivity contribution is 7.98.